The Bertz CT molecular complexity index is 121. The predicted molar refractivity (Wildman–Crippen MR) is 41.5 cm³/mol. The Morgan fingerprint density at radius 2 is 2.30 bits per heavy atom. The van der Waals surface area contributed by atoms with E-state index in [0.717, 1.165) is 18.7 Å². The molecule has 0 atom stereocenters. The van der Waals surface area contributed by atoms with Crippen LogP contribution in [0.4, 0.5) is 0 Å². The second-order valence-corrected chi connectivity index (χ2v) is 2.42. The summed E-state index contributed by atoms with van der Waals surface area (Å²) in [6.07, 6.45) is 1.46. The smallest absolute Gasteiger partial charge is 0.211 e. The van der Waals surface area contributed by atoms with Crippen molar-refractivity contribution in [2.75, 3.05) is 20.6 Å². The van der Waals surface area contributed by atoms with Crippen LogP contribution in [-0.4, -0.2) is 32.0 Å². The molecule has 3 heteroatoms. The zero-order chi connectivity index (χ0) is 7.98. The molecule has 0 saturated carbocycles. The van der Waals surface area contributed by atoms with Crippen molar-refractivity contribution in [3.63, 3.8) is 0 Å². The van der Waals surface area contributed by atoms with Crippen LogP contribution >= 0.6 is 0 Å². The molecular formula is C7H14N2O. The van der Waals surface area contributed by atoms with E-state index in [0.29, 0.717) is 6.41 Å². The Kier molecular flexibility index (Phi) is 4.58. The molecular weight excluding hydrogens is 128 g/mol. The molecule has 3 nitrogen and oxygen atoms in total. The number of hydrogen-bond donors (Lipinski definition) is 1. The molecule has 58 valence electrons. The SMILES string of the molecule is C=C(CCN(C)C)NC=O. The summed E-state index contributed by atoms with van der Waals surface area (Å²) in [5, 5.41) is 2.50. The molecule has 0 aliphatic carbocycles. The van der Waals surface area contributed by atoms with Crippen LogP contribution in [0.5, 0.6) is 0 Å². The first-order chi connectivity index (χ1) is 4.66. The molecule has 1 N–H and O–H groups in total. The molecule has 0 unspecified atom stereocenters. The Labute approximate surface area is 61.7 Å². The van der Waals surface area contributed by atoms with E-state index < -0.39 is 0 Å². The first-order valence-corrected chi connectivity index (χ1v) is 3.19. The lowest BCUT2D eigenvalue weighted by atomic mass is 10.3. The van der Waals surface area contributed by atoms with Crippen molar-refractivity contribution in [1.29, 1.82) is 0 Å². The predicted octanol–water partition coefficient (Wildman–Crippen LogP) is 0.198. The summed E-state index contributed by atoms with van der Waals surface area (Å²) in [7, 11) is 3.96. The molecule has 0 spiro atoms. The van der Waals surface area contributed by atoms with E-state index in [2.05, 4.69) is 11.9 Å². The number of hydrogen-bond acceptors (Lipinski definition) is 2. The summed E-state index contributed by atoms with van der Waals surface area (Å²) in [5.74, 6) is 0. The van der Waals surface area contributed by atoms with E-state index >= 15 is 0 Å². The molecule has 0 saturated heterocycles. The van der Waals surface area contributed by atoms with Crippen LogP contribution in [0.2, 0.25) is 0 Å². The van der Waals surface area contributed by atoms with Crippen molar-refractivity contribution in [3.05, 3.63) is 12.3 Å². The zero-order valence-electron chi connectivity index (χ0n) is 6.55. The normalized spacial score (nSPS) is 9.50. The molecule has 0 aromatic carbocycles. The molecule has 10 heavy (non-hydrogen) atoms. The summed E-state index contributed by atoms with van der Waals surface area (Å²) in [4.78, 5) is 11.9. The Morgan fingerprint density at radius 1 is 1.70 bits per heavy atom. The van der Waals surface area contributed by atoms with Crippen LogP contribution in [0.25, 0.3) is 0 Å². The fourth-order valence-corrected chi connectivity index (χ4v) is 0.514. The van der Waals surface area contributed by atoms with E-state index in [-0.39, 0.29) is 0 Å². The lowest BCUT2D eigenvalue weighted by molar-refractivity contribution is -0.108. The largest absolute Gasteiger partial charge is 0.333 e. The second kappa shape index (κ2) is 4.99. The van der Waals surface area contributed by atoms with Gasteiger partial charge in [0.1, 0.15) is 0 Å². The summed E-state index contributed by atoms with van der Waals surface area (Å²) in [5.41, 5.74) is 0.767. The molecule has 0 rings (SSSR count). The molecule has 0 heterocycles. The number of carbonyl (C=O) groups is 1. The van der Waals surface area contributed by atoms with Crippen molar-refractivity contribution in [2.24, 2.45) is 0 Å². The minimum atomic E-state index is 0.651. The second-order valence-electron chi connectivity index (χ2n) is 2.42. The summed E-state index contributed by atoms with van der Waals surface area (Å²) in [6, 6.07) is 0. The summed E-state index contributed by atoms with van der Waals surface area (Å²) in [6.45, 7) is 4.56. The van der Waals surface area contributed by atoms with Gasteiger partial charge in [-0.25, -0.2) is 0 Å². The van der Waals surface area contributed by atoms with E-state index in [9.17, 15) is 4.79 Å². The molecule has 0 fully saturated rings. The van der Waals surface area contributed by atoms with Gasteiger partial charge in [-0.2, -0.15) is 0 Å². The Morgan fingerprint density at radius 3 is 2.70 bits per heavy atom. The molecule has 0 aromatic heterocycles. The molecule has 1 amide bonds. The van der Waals surface area contributed by atoms with Crippen LogP contribution in [-0.2, 0) is 4.79 Å². The maximum Gasteiger partial charge on any atom is 0.211 e. The van der Waals surface area contributed by atoms with E-state index in [1.165, 1.54) is 0 Å². The highest BCUT2D eigenvalue weighted by molar-refractivity contribution is 5.49. The molecule has 0 aliphatic rings. The van der Waals surface area contributed by atoms with Crippen LogP contribution in [0.3, 0.4) is 0 Å². The van der Waals surface area contributed by atoms with Crippen LogP contribution in [0.15, 0.2) is 12.3 Å². The zero-order valence-corrected chi connectivity index (χ0v) is 6.55. The fraction of sp³-hybridized carbons (Fsp3) is 0.571. The highest BCUT2D eigenvalue weighted by Crippen LogP contribution is 1.91. The third-order valence-corrected chi connectivity index (χ3v) is 1.12. The average Bonchev–Trinajstić information content (AvgIpc) is 1.85. The van der Waals surface area contributed by atoms with Gasteiger partial charge >= 0.3 is 0 Å². The third-order valence-electron chi connectivity index (χ3n) is 1.12. The van der Waals surface area contributed by atoms with Gasteiger partial charge in [0, 0.05) is 12.2 Å². The number of rotatable bonds is 5. The highest BCUT2D eigenvalue weighted by Gasteiger charge is 1.92. The first-order valence-electron chi connectivity index (χ1n) is 3.19. The molecule has 0 aromatic rings. The van der Waals surface area contributed by atoms with Crippen LogP contribution < -0.4 is 5.32 Å². The Hall–Kier alpha value is -0.830. The lowest BCUT2D eigenvalue weighted by Crippen LogP contribution is -2.17. The van der Waals surface area contributed by atoms with E-state index in [1.54, 1.807) is 0 Å². The van der Waals surface area contributed by atoms with E-state index in [1.807, 2.05) is 19.0 Å². The van der Waals surface area contributed by atoms with Gasteiger partial charge in [0.15, 0.2) is 0 Å². The van der Waals surface area contributed by atoms with Gasteiger partial charge in [0.05, 0.1) is 0 Å². The maximum atomic E-state index is 9.87. The molecule has 0 bridgehead atoms. The van der Waals surface area contributed by atoms with Crippen molar-refractivity contribution < 1.29 is 4.79 Å². The van der Waals surface area contributed by atoms with Gasteiger partial charge in [-0.1, -0.05) is 6.58 Å². The summed E-state index contributed by atoms with van der Waals surface area (Å²) < 4.78 is 0. The van der Waals surface area contributed by atoms with Crippen LogP contribution in [0, 0.1) is 0 Å². The number of nitrogens with zero attached hydrogens (tertiary/aromatic N) is 1. The van der Waals surface area contributed by atoms with Gasteiger partial charge in [-0.3, -0.25) is 4.79 Å². The molecule has 0 radical (unpaired) electrons. The summed E-state index contributed by atoms with van der Waals surface area (Å²) >= 11 is 0. The van der Waals surface area contributed by atoms with Gasteiger partial charge in [0.25, 0.3) is 0 Å². The number of nitrogens with one attached hydrogen (secondary N) is 1. The maximum absolute atomic E-state index is 9.87. The third kappa shape index (κ3) is 5.31. The van der Waals surface area contributed by atoms with Crippen molar-refractivity contribution in [2.45, 2.75) is 6.42 Å². The van der Waals surface area contributed by atoms with Crippen LogP contribution in [0.1, 0.15) is 6.42 Å². The minimum Gasteiger partial charge on any atom is -0.333 e. The van der Waals surface area contributed by atoms with Crippen molar-refractivity contribution in [1.82, 2.24) is 10.2 Å². The van der Waals surface area contributed by atoms with Crippen molar-refractivity contribution >= 4 is 6.41 Å². The highest BCUT2D eigenvalue weighted by atomic mass is 16.1. The first kappa shape index (κ1) is 9.17. The molecule has 0 aliphatic heterocycles. The van der Waals surface area contributed by atoms with Gasteiger partial charge in [-0.05, 0) is 20.5 Å². The van der Waals surface area contributed by atoms with Crippen molar-refractivity contribution in [3.8, 4) is 0 Å². The monoisotopic (exact) mass is 142 g/mol. The minimum absolute atomic E-state index is 0.651. The van der Waals surface area contributed by atoms with Gasteiger partial charge < -0.3 is 10.2 Å². The fourth-order valence-electron chi connectivity index (χ4n) is 0.514. The lowest BCUT2D eigenvalue weighted by Gasteiger charge is -2.09. The standard InChI is InChI=1S/C7H14N2O/c1-7(8-6-10)4-5-9(2)3/h6H,1,4-5H2,2-3H3,(H,8,10). The Balaban J connectivity index is 3.30. The quantitative estimate of drug-likeness (QED) is 0.556. The average molecular weight is 142 g/mol. The van der Waals surface area contributed by atoms with Gasteiger partial charge in [-0.15, -0.1) is 0 Å². The topological polar surface area (TPSA) is 32.3 Å². The van der Waals surface area contributed by atoms with E-state index in [4.69, 9.17) is 0 Å². The van der Waals surface area contributed by atoms with Gasteiger partial charge in [0.2, 0.25) is 6.41 Å². The number of carbonyl (C=O) groups excluding carboxylic acids is 1. The number of amides is 1.